The van der Waals surface area contributed by atoms with Gasteiger partial charge in [-0.25, -0.2) is 21.9 Å². The Morgan fingerprint density at radius 2 is 2.11 bits per heavy atom. The van der Waals surface area contributed by atoms with E-state index in [1.165, 1.54) is 0 Å². The van der Waals surface area contributed by atoms with Gasteiger partial charge in [0.05, 0.1) is 12.2 Å². The monoisotopic (exact) mass is 291 g/mol. The number of nitrogens with one attached hydrogen (secondary N) is 1. The zero-order valence-corrected chi connectivity index (χ0v) is 11.2. The fraction of sp³-hybridized carbons (Fsp3) is 0.500. The van der Waals surface area contributed by atoms with Crippen LogP contribution in [0.4, 0.5) is 8.78 Å². The number of rotatable bonds is 5. The van der Waals surface area contributed by atoms with Crippen molar-refractivity contribution in [1.29, 1.82) is 0 Å². The molecule has 1 fully saturated rings. The molecule has 2 N–H and O–H groups in total. The first kappa shape index (κ1) is 14.4. The molecule has 1 aliphatic carbocycles. The number of aliphatic hydroxyl groups excluding tert-OH is 1. The Balaban J connectivity index is 2.31. The van der Waals surface area contributed by atoms with Gasteiger partial charge in [-0.2, -0.15) is 0 Å². The second-order valence-electron chi connectivity index (χ2n) is 4.63. The Hall–Kier alpha value is -1.05. The molecule has 2 atom stereocenters. The Bertz CT molecular complexity index is 589. The van der Waals surface area contributed by atoms with Gasteiger partial charge in [-0.3, -0.25) is 0 Å². The molecule has 19 heavy (non-hydrogen) atoms. The van der Waals surface area contributed by atoms with Crippen molar-refractivity contribution in [3.63, 3.8) is 0 Å². The normalized spacial score (nSPS) is 22.5. The molecule has 0 radical (unpaired) electrons. The van der Waals surface area contributed by atoms with Gasteiger partial charge in [0.25, 0.3) is 0 Å². The number of aliphatic hydroxyl groups is 1. The number of benzene rings is 1. The van der Waals surface area contributed by atoms with E-state index in [0.29, 0.717) is 0 Å². The molecule has 1 aliphatic rings. The van der Waals surface area contributed by atoms with E-state index < -0.39 is 38.7 Å². The maximum Gasteiger partial charge on any atom is 0.243 e. The fourth-order valence-corrected chi connectivity index (χ4v) is 3.46. The first-order chi connectivity index (χ1) is 8.90. The van der Waals surface area contributed by atoms with Crippen molar-refractivity contribution in [3.8, 4) is 0 Å². The van der Waals surface area contributed by atoms with Gasteiger partial charge in [-0.1, -0.05) is 13.3 Å². The van der Waals surface area contributed by atoms with Crippen LogP contribution in [-0.2, 0) is 16.6 Å². The maximum atomic E-state index is 13.9. The van der Waals surface area contributed by atoms with Crippen LogP contribution in [0.2, 0.25) is 0 Å². The van der Waals surface area contributed by atoms with Crippen LogP contribution in [0.1, 0.15) is 25.3 Å². The summed E-state index contributed by atoms with van der Waals surface area (Å²) < 4.78 is 53.4. The van der Waals surface area contributed by atoms with Crippen LogP contribution in [0, 0.1) is 17.6 Å². The summed E-state index contributed by atoms with van der Waals surface area (Å²) in [5.41, 5.74) is -0.634. The minimum Gasteiger partial charge on any atom is -0.391 e. The topological polar surface area (TPSA) is 66.4 Å². The molecule has 7 heteroatoms. The molecular weight excluding hydrogens is 276 g/mol. The van der Waals surface area contributed by atoms with Crippen molar-refractivity contribution in [2.24, 2.45) is 5.92 Å². The molecule has 106 valence electrons. The van der Waals surface area contributed by atoms with Crippen molar-refractivity contribution in [3.05, 3.63) is 29.3 Å². The fourth-order valence-electron chi connectivity index (χ4n) is 2.03. The molecule has 2 rings (SSSR count). The van der Waals surface area contributed by atoms with E-state index in [1.807, 2.05) is 6.92 Å². The average molecular weight is 291 g/mol. The molecule has 0 bridgehead atoms. The third-order valence-electron chi connectivity index (χ3n) is 3.35. The summed E-state index contributed by atoms with van der Waals surface area (Å²) >= 11 is 0. The number of hydrogen-bond donors (Lipinski definition) is 2. The Morgan fingerprint density at radius 3 is 2.63 bits per heavy atom. The molecule has 0 amide bonds. The van der Waals surface area contributed by atoms with Crippen molar-refractivity contribution in [2.75, 3.05) is 0 Å². The van der Waals surface area contributed by atoms with Gasteiger partial charge < -0.3 is 5.11 Å². The molecule has 0 aromatic heterocycles. The van der Waals surface area contributed by atoms with Crippen LogP contribution >= 0.6 is 0 Å². The molecule has 0 aliphatic heterocycles. The Labute approximate surface area is 110 Å². The molecule has 2 unspecified atom stereocenters. The first-order valence-electron chi connectivity index (χ1n) is 6.00. The first-order valence-corrected chi connectivity index (χ1v) is 7.49. The largest absolute Gasteiger partial charge is 0.391 e. The number of sulfonamides is 1. The van der Waals surface area contributed by atoms with Gasteiger partial charge in [0.2, 0.25) is 10.0 Å². The molecule has 0 spiro atoms. The van der Waals surface area contributed by atoms with Gasteiger partial charge in [0.15, 0.2) is 5.82 Å². The predicted molar refractivity (Wildman–Crippen MR) is 64.8 cm³/mol. The third-order valence-corrected chi connectivity index (χ3v) is 4.86. The van der Waals surface area contributed by atoms with Crippen molar-refractivity contribution < 1.29 is 22.3 Å². The summed E-state index contributed by atoms with van der Waals surface area (Å²) in [5.74, 6) is -1.92. The summed E-state index contributed by atoms with van der Waals surface area (Å²) in [4.78, 5) is -0.625. The lowest BCUT2D eigenvalue weighted by Gasteiger charge is -2.10. The van der Waals surface area contributed by atoms with Crippen LogP contribution in [0.25, 0.3) is 0 Å². The van der Waals surface area contributed by atoms with Gasteiger partial charge in [-0.05, 0) is 24.5 Å². The molecule has 1 saturated carbocycles. The Morgan fingerprint density at radius 1 is 1.42 bits per heavy atom. The second-order valence-corrected chi connectivity index (χ2v) is 6.31. The minimum absolute atomic E-state index is 0.183. The van der Waals surface area contributed by atoms with Gasteiger partial charge in [-0.15, -0.1) is 0 Å². The summed E-state index contributed by atoms with van der Waals surface area (Å²) in [5, 5.41) is 8.87. The summed E-state index contributed by atoms with van der Waals surface area (Å²) in [6, 6.07) is 1.53. The Kier molecular flexibility index (Phi) is 3.89. The van der Waals surface area contributed by atoms with Gasteiger partial charge in [0, 0.05) is 6.04 Å². The molecule has 0 heterocycles. The highest BCUT2D eigenvalue weighted by Gasteiger charge is 2.39. The number of halogens is 2. The van der Waals surface area contributed by atoms with E-state index in [2.05, 4.69) is 4.72 Å². The lowest BCUT2D eigenvalue weighted by atomic mass is 10.2. The highest BCUT2D eigenvalue weighted by Crippen LogP contribution is 2.34. The van der Waals surface area contributed by atoms with E-state index in [9.17, 15) is 17.2 Å². The molecule has 4 nitrogen and oxygen atoms in total. The van der Waals surface area contributed by atoms with Gasteiger partial charge >= 0.3 is 0 Å². The van der Waals surface area contributed by atoms with Crippen LogP contribution in [0.3, 0.4) is 0 Å². The van der Waals surface area contributed by atoms with Crippen molar-refractivity contribution >= 4 is 10.0 Å². The van der Waals surface area contributed by atoms with Crippen molar-refractivity contribution in [1.82, 2.24) is 4.72 Å². The summed E-state index contributed by atoms with van der Waals surface area (Å²) in [6.07, 6.45) is 1.58. The SMILES string of the molecule is CCC1CC1NS(=O)(=O)c1ccc(F)c(CO)c1F. The van der Waals surface area contributed by atoms with Crippen LogP contribution in [-0.4, -0.2) is 19.6 Å². The molecule has 1 aromatic rings. The lowest BCUT2D eigenvalue weighted by Crippen LogP contribution is -2.28. The standard InChI is InChI=1S/C12H15F2NO3S/c1-2-7-5-10(7)15-19(17,18)11-4-3-9(13)8(6-16)12(11)14/h3-4,7,10,15-16H,2,5-6H2,1H3. The highest BCUT2D eigenvalue weighted by molar-refractivity contribution is 7.89. The van der Waals surface area contributed by atoms with Crippen molar-refractivity contribution in [2.45, 2.75) is 37.3 Å². The smallest absolute Gasteiger partial charge is 0.243 e. The van der Waals surface area contributed by atoms with E-state index >= 15 is 0 Å². The average Bonchev–Trinajstić information content (AvgIpc) is 3.06. The molecule has 0 saturated heterocycles. The summed E-state index contributed by atoms with van der Waals surface area (Å²) in [6.45, 7) is 1.06. The van der Waals surface area contributed by atoms with Crippen LogP contribution < -0.4 is 4.72 Å². The highest BCUT2D eigenvalue weighted by atomic mass is 32.2. The van der Waals surface area contributed by atoms with Crippen LogP contribution in [0.15, 0.2) is 17.0 Å². The van der Waals surface area contributed by atoms with E-state index in [1.54, 1.807) is 0 Å². The van der Waals surface area contributed by atoms with E-state index in [0.717, 1.165) is 25.0 Å². The predicted octanol–water partition coefficient (Wildman–Crippen LogP) is 1.53. The van der Waals surface area contributed by atoms with E-state index in [4.69, 9.17) is 5.11 Å². The van der Waals surface area contributed by atoms with Gasteiger partial charge in [0.1, 0.15) is 10.7 Å². The molecule has 1 aromatic carbocycles. The zero-order valence-electron chi connectivity index (χ0n) is 10.4. The zero-order chi connectivity index (χ0) is 14.2. The maximum absolute atomic E-state index is 13.9. The lowest BCUT2D eigenvalue weighted by molar-refractivity contribution is 0.267. The second kappa shape index (κ2) is 5.15. The third kappa shape index (κ3) is 2.77. The summed E-state index contributed by atoms with van der Waals surface area (Å²) in [7, 11) is -4.02. The molecular formula is C12H15F2NO3S. The van der Waals surface area contributed by atoms with Crippen LogP contribution in [0.5, 0.6) is 0 Å². The minimum atomic E-state index is -4.02. The quantitative estimate of drug-likeness (QED) is 0.864. The van der Waals surface area contributed by atoms with E-state index in [-0.39, 0.29) is 12.0 Å². The number of hydrogen-bond acceptors (Lipinski definition) is 3.